The molecule has 1 aromatic rings. The van der Waals surface area contributed by atoms with Crippen molar-refractivity contribution < 1.29 is 14.7 Å². The molecule has 0 fully saturated rings. The third-order valence-corrected chi connectivity index (χ3v) is 3.74. The van der Waals surface area contributed by atoms with Gasteiger partial charge in [-0.25, -0.2) is 4.79 Å². The number of hydrogen-bond donors (Lipinski definition) is 2. The van der Waals surface area contributed by atoms with E-state index in [0.717, 1.165) is 0 Å². The van der Waals surface area contributed by atoms with E-state index in [1.54, 1.807) is 32.0 Å². The molecule has 1 heterocycles. The molecule has 5 heteroatoms. The Hall–Kier alpha value is -1.49. The Balaban J connectivity index is 2.56. The van der Waals surface area contributed by atoms with Crippen LogP contribution in [0.3, 0.4) is 0 Å². The first kappa shape index (κ1) is 11.0. The summed E-state index contributed by atoms with van der Waals surface area (Å²) in [5.41, 5.74) is 0.810. The Bertz CT molecular complexity index is 482. The third-order valence-electron chi connectivity index (χ3n) is 2.40. The van der Waals surface area contributed by atoms with E-state index in [9.17, 15) is 9.59 Å². The molecule has 2 rings (SSSR count). The van der Waals surface area contributed by atoms with Gasteiger partial charge >= 0.3 is 5.97 Å². The first-order valence-corrected chi connectivity index (χ1v) is 5.60. The predicted octanol–water partition coefficient (Wildman–Crippen LogP) is 2.21. The van der Waals surface area contributed by atoms with Crippen LogP contribution in [0.2, 0.25) is 0 Å². The molecule has 0 saturated carbocycles. The van der Waals surface area contributed by atoms with Gasteiger partial charge in [0, 0.05) is 4.90 Å². The van der Waals surface area contributed by atoms with Gasteiger partial charge in [0.1, 0.15) is 0 Å². The largest absolute Gasteiger partial charge is 0.478 e. The zero-order chi connectivity index (χ0) is 11.9. The number of amides is 1. The molecule has 16 heavy (non-hydrogen) atoms. The maximum atomic E-state index is 11.7. The average Bonchev–Trinajstić information content (AvgIpc) is 2.18. The lowest BCUT2D eigenvalue weighted by molar-refractivity contribution is -0.117. The van der Waals surface area contributed by atoms with Crippen LogP contribution >= 0.6 is 11.8 Å². The number of nitrogens with one attached hydrogen (secondary N) is 1. The van der Waals surface area contributed by atoms with Crippen LogP contribution in [0.4, 0.5) is 5.69 Å². The molecule has 0 aliphatic carbocycles. The SMILES string of the molecule is CC1(C)Sc2c(cccc2C(=O)O)NC1=O. The molecule has 1 aliphatic heterocycles. The Morgan fingerprint density at radius 2 is 2.12 bits per heavy atom. The van der Waals surface area contributed by atoms with Crippen molar-refractivity contribution in [2.75, 3.05) is 5.32 Å². The van der Waals surface area contributed by atoms with Crippen LogP contribution < -0.4 is 5.32 Å². The zero-order valence-corrected chi connectivity index (χ0v) is 9.72. The van der Waals surface area contributed by atoms with E-state index in [1.807, 2.05) is 0 Å². The van der Waals surface area contributed by atoms with Crippen molar-refractivity contribution in [3.8, 4) is 0 Å². The lowest BCUT2D eigenvalue weighted by atomic mass is 10.1. The number of carbonyl (C=O) groups excluding carboxylic acids is 1. The number of rotatable bonds is 1. The first-order valence-electron chi connectivity index (χ1n) is 4.78. The van der Waals surface area contributed by atoms with Gasteiger partial charge in [-0.1, -0.05) is 6.07 Å². The van der Waals surface area contributed by atoms with Crippen LogP contribution in [0.5, 0.6) is 0 Å². The van der Waals surface area contributed by atoms with Crippen LogP contribution in [0.15, 0.2) is 23.1 Å². The number of anilines is 1. The summed E-state index contributed by atoms with van der Waals surface area (Å²) < 4.78 is -0.640. The van der Waals surface area contributed by atoms with E-state index in [4.69, 9.17) is 5.11 Å². The van der Waals surface area contributed by atoms with Gasteiger partial charge in [0.2, 0.25) is 5.91 Å². The van der Waals surface area contributed by atoms with Gasteiger partial charge in [-0.2, -0.15) is 0 Å². The Labute approximate surface area is 97.0 Å². The van der Waals surface area contributed by atoms with Gasteiger partial charge in [0.15, 0.2) is 0 Å². The summed E-state index contributed by atoms with van der Waals surface area (Å²) in [5.74, 6) is -1.08. The molecule has 2 N–H and O–H groups in total. The molecule has 1 aromatic carbocycles. The van der Waals surface area contributed by atoms with Crippen LogP contribution in [0, 0.1) is 0 Å². The van der Waals surface area contributed by atoms with Crippen molar-refractivity contribution in [1.82, 2.24) is 0 Å². The normalized spacial score (nSPS) is 17.5. The van der Waals surface area contributed by atoms with Gasteiger partial charge in [-0.05, 0) is 26.0 Å². The van der Waals surface area contributed by atoms with Gasteiger partial charge in [0.05, 0.1) is 16.0 Å². The number of carboxylic acid groups (broad SMARTS) is 1. The fourth-order valence-corrected chi connectivity index (χ4v) is 2.64. The fraction of sp³-hybridized carbons (Fsp3) is 0.273. The zero-order valence-electron chi connectivity index (χ0n) is 8.90. The van der Waals surface area contributed by atoms with Crippen molar-refractivity contribution in [2.24, 2.45) is 0 Å². The highest BCUT2D eigenvalue weighted by molar-refractivity contribution is 8.01. The minimum Gasteiger partial charge on any atom is -0.478 e. The molecule has 1 amide bonds. The van der Waals surface area contributed by atoms with Crippen LogP contribution in [0.1, 0.15) is 24.2 Å². The molecule has 0 atom stereocenters. The minimum absolute atomic E-state index is 0.104. The quantitative estimate of drug-likeness (QED) is 0.785. The summed E-state index contributed by atoms with van der Waals surface area (Å²) in [6, 6.07) is 4.88. The predicted molar refractivity (Wildman–Crippen MR) is 62.0 cm³/mol. The van der Waals surface area contributed by atoms with Gasteiger partial charge in [-0.15, -0.1) is 11.8 Å². The average molecular weight is 237 g/mol. The highest BCUT2D eigenvalue weighted by Crippen LogP contribution is 2.43. The molecule has 0 saturated heterocycles. The Morgan fingerprint density at radius 3 is 2.75 bits per heavy atom. The minimum atomic E-state index is -0.976. The lowest BCUT2D eigenvalue weighted by Gasteiger charge is -2.30. The first-order chi connectivity index (χ1) is 7.42. The van der Waals surface area contributed by atoms with E-state index in [2.05, 4.69) is 5.32 Å². The molecular weight excluding hydrogens is 226 g/mol. The summed E-state index contributed by atoms with van der Waals surface area (Å²) in [6.07, 6.45) is 0. The fourth-order valence-electron chi connectivity index (χ4n) is 1.49. The van der Waals surface area contributed by atoms with Gasteiger partial charge in [-0.3, -0.25) is 4.79 Å². The Kier molecular flexibility index (Phi) is 2.42. The highest BCUT2D eigenvalue weighted by atomic mass is 32.2. The summed E-state index contributed by atoms with van der Waals surface area (Å²) in [5, 5.41) is 11.8. The summed E-state index contributed by atoms with van der Waals surface area (Å²) >= 11 is 1.28. The molecule has 0 spiro atoms. The van der Waals surface area contributed by atoms with Crippen molar-refractivity contribution in [3.63, 3.8) is 0 Å². The van der Waals surface area contributed by atoms with Gasteiger partial charge < -0.3 is 10.4 Å². The van der Waals surface area contributed by atoms with Crippen molar-refractivity contribution >= 4 is 29.3 Å². The monoisotopic (exact) mass is 237 g/mol. The molecule has 0 unspecified atom stereocenters. The van der Waals surface area contributed by atoms with E-state index < -0.39 is 10.7 Å². The molecule has 0 bridgehead atoms. The third kappa shape index (κ3) is 1.67. The molecule has 1 aliphatic rings. The number of carbonyl (C=O) groups is 2. The molecule has 4 nitrogen and oxygen atoms in total. The van der Waals surface area contributed by atoms with Gasteiger partial charge in [0.25, 0.3) is 0 Å². The smallest absolute Gasteiger partial charge is 0.336 e. The maximum absolute atomic E-state index is 11.7. The topological polar surface area (TPSA) is 66.4 Å². The molecule has 0 aromatic heterocycles. The highest BCUT2D eigenvalue weighted by Gasteiger charge is 2.36. The summed E-state index contributed by atoms with van der Waals surface area (Å²) in [4.78, 5) is 23.3. The summed E-state index contributed by atoms with van der Waals surface area (Å²) in [6.45, 7) is 3.54. The number of benzene rings is 1. The number of carboxylic acids is 1. The number of thioether (sulfide) groups is 1. The van der Waals surface area contributed by atoms with E-state index in [0.29, 0.717) is 10.6 Å². The van der Waals surface area contributed by atoms with E-state index in [-0.39, 0.29) is 11.5 Å². The van der Waals surface area contributed by atoms with Crippen molar-refractivity contribution in [3.05, 3.63) is 23.8 Å². The maximum Gasteiger partial charge on any atom is 0.336 e. The second-order valence-electron chi connectivity index (χ2n) is 4.05. The van der Waals surface area contributed by atoms with Crippen LogP contribution in [-0.4, -0.2) is 21.7 Å². The number of hydrogen-bond acceptors (Lipinski definition) is 3. The Morgan fingerprint density at radius 1 is 1.44 bits per heavy atom. The van der Waals surface area contributed by atoms with Crippen molar-refractivity contribution in [1.29, 1.82) is 0 Å². The number of aromatic carboxylic acids is 1. The lowest BCUT2D eigenvalue weighted by Crippen LogP contribution is -2.37. The number of fused-ring (bicyclic) bond motifs is 1. The van der Waals surface area contributed by atoms with E-state index >= 15 is 0 Å². The second kappa shape index (κ2) is 3.52. The standard InChI is InChI=1S/C11H11NO3S/c1-11(2)10(15)12-7-5-3-4-6(9(13)14)8(7)16-11/h3-5H,1-2H3,(H,12,15)(H,13,14). The second-order valence-corrected chi connectivity index (χ2v) is 5.69. The summed E-state index contributed by atoms with van der Waals surface area (Å²) in [7, 11) is 0. The van der Waals surface area contributed by atoms with Crippen LogP contribution in [-0.2, 0) is 4.79 Å². The molecule has 0 radical (unpaired) electrons. The van der Waals surface area contributed by atoms with E-state index in [1.165, 1.54) is 11.8 Å². The molecular formula is C11H11NO3S. The molecule has 84 valence electrons. The van der Waals surface area contributed by atoms with Crippen LogP contribution in [0.25, 0.3) is 0 Å². The van der Waals surface area contributed by atoms with Crippen molar-refractivity contribution in [2.45, 2.75) is 23.5 Å².